The summed E-state index contributed by atoms with van der Waals surface area (Å²) >= 11 is 0. The Bertz CT molecular complexity index is 617. The normalized spacial score (nSPS) is 11.1. The van der Waals surface area contributed by atoms with Gasteiger partial charge in [0, 0.05) is 12.1 Å². The monoisotopic (exact) mass is 283 g/mol. The van der Waals surface area contributed by atoms with Gasteiger partial charge in [0.2, 0.25) is 15.9 Å². The maximum absolute atomic E-state index is 12.0. The molecule has 1 aromatic carbocycles. The smallest absolute Gasteiger partial charge is 0.248 e. The molecule has 6 nitrogen and oxygen atoms in total. The summed E-state index contributed by atoms with van der Waals surface area (Å²) in [7, 11) is -3.70. The predicted molar refractivity (Wildman–Crippen MR) is 74.0 cm³/mol. The minimum absolute atomic E-state index is 0.0130. The number of rotatable bonds is 5. The van der Waals surface area contributed by atoms with E-state index in [4.69, 9.17) is 11.5 Å². The summed E-state index contributed by atoms with van der Waals surface area (Å²) < 4.78 is 26.4. The number of nitrogens with one attached hydrogen (secondary N) is 1. The molecule has 5 N–H and O–H groups in total. The number of carbonyl (C=O) groups excluding carboxylic acids is 1. The molecule has 0 heterocycles. The Morgan fingerprint density at radius 3 is 2.47 bits per heavy atom. The highest BCUT2D eigenvalue weighted by Gasteiger charge is 2.17. The van der Waals surface area contributed by atoms with Crippen molar-refractivity contribution in [3.63, 3.8) is 0 Å². The first-order valence-corrected chi connectivity index (χ1v) is 7.04. The fourth-order valence-corrected chi connectivity index (χ4v) is 2.45. The van der Waals surface area contributed by atoms with E-state index >= 15 is 0 Å². The summed E-state index contributed by atoms with van der Waals surface area (Å²) in [5.41, 5.74) is 11.9. The SMILES string of the molecule is CC(C)=CCNS(=O)(=O)c1ccc(C(N)=O)cc1N. The van der Waals surface area contributed by atoms with Crippen LogP contribution in [-0.2, 0) is 10.0 Å². The van der Waals surface area contributed by atoms with Crippen LogP contribution < -0.4 is 16.2 Å². The number of nitrogens with two attached hydrogens (primary N) is 2. The number of hydrogen-bond donors (Lipinski definition) is 3. The zero-order valence-corrected chi connectivity index (χ0v) is 11.6. The second kappa shape index (κ2) is 5.85. The zero-order chi connectivity index (χ0) is 14.6. The van der Waals surface area contributed by atoms with Crippen molar-refractivity contribution in [1.82, 2.24) is 4.72 Å². The quantitative estimate of drug-likeness (QED) is 0.542. The van der Waals surface area contributed by atoms with Gasteiger partial charge < -0.3 is 11.5 Å². The van der Waals surface area contributed by atoms with Crippen LogP contribution in [0.2, 0.25) is 0 Å². The number of primary amides is 1. The molecule has 0 unspecified atom stereocenters. The van der Waals surface area contributed by atoms with Gasteiger partial charge in [0.05, 0.1) is 5.69 Å². The van der Waals surface area contributed by atoms with Crippen LogP contribution in [0.25, 0.3) is 0 Å². The van der Waals surface area contributed by atoms with E-state index in [1.54, 1.807) is 6.08 Å². The molecule has 0 atom stereocenters. The number of anilines is 1. The van der Waals surface area contributed by atoms with Crippen LogP contribution in [0, 0.1) is 0 Å². The van der Waals surface area contributed by atoms with Crippen LogP contribution in [0.5, 0.6) is 0 Å². The fourth-order valence-electron chi connectivity index (χ4n) is 1.38. The highest BCUT2D eigenvalue weighted by molar-refractivity contribution is 7.89. The van der Waals surface area contributed by atoms with E-state index in [9.17, 15) is 13.2 Å². The fraction of sp³-hybridized carbons (Fsp3) is 0.250. The molecule has 104 valence electrons. The summed E-state index contributed by atoms with van der Waals surface area (Å²) in [4.78, 5) is 10.9. The molecule has 0 spiro atoms. The van der Waals surface area contributed by atoms with Crippen molar-refractivity contribution in [1.29, 1.82) is 0 Å². The molecular weight excluding hydrogens is 266 g/mol. The molecule has 1 aromatic rings. The minimum atomic E-state index is -3.70. The second-order valence-corrected chi connectivity index (χ2v) is 5.99. The lowest BCUT2D eigenvalue weighted by atomic mass is 10.2. The topological polar surface area (TPSA) is 115 Å². The van der Waals surface area contributed by atoms with Crippen molar-refractivity contribution in [2.45, 2.75) is 18.7 Å². The van der Waals surface area contributed by atoms with E-state index in [1.807, 2.05) is 13.8 Å². The van der Waals surface area contributed by atoms with Gasteiger partial charge in [-0.25, -0.2) is 13.1 Å². The summed E-state index contributed by atoms with van der Waals surface area (Å²) in [5.74, 6) is -0.659. The number of sulfonamides is 1. The molecule has 0 radical (unpaired) electrons. The third-order valence-corrected chi connectivity index (χ3v) is 3.87. The molecule has 0 bridgehead atoms. The van der Waals surface area contributed by atoms with Gasteiger partial charge >= 0.3 is 0 Å². The van der Waals surface area contributed by atoms with Crippen molar-refractivity contribution >= 4 is 21.6 Å². The number of hydrogen-bond acceptors (Lipinski definition) is 4. The second-order valence-electron chi connectivity index (χ2n) is 4.25. The molecule has 0 aliphatic rings. The molecule has 0 aliphatic heterocycles. The van der Waals surface area contributed by atoms with Crippen LogP contribution in [0.3, 0.4) is 0 Å². The molecule has 1 amide bonds. The first-order valence-electron chi connectivity index (χ1n) is 5.56. The van der Waals surface area contributed by atoms with E-state index in [1.165, 1.54) is 18.2 Å². The molecular formula is C12H17N3O3S. The van der Waals surface area contributed by atoms with E-state index in [0.29, 0.717) is 0 Å². The van der Waals surface area contributed by atoms with Crippen LogP contribution in [0.1, 0.15) is 24.2 Å². The predicted octanol–water partition coefficient (Wildman–Crippen LogP) is 0.612. The Morgan fingerprint density at radius 1 is 1.37 bits per heavy atom. The Hall–Kier alpha value is -1.86. The van der Waals surface area contributed by atoms with E-state index in [-0.39, 0.29) is 22.7 Å². The first-order chi connectivity index (χ1) is 8.74. The Labute approximate surface area is 112 Å². The summed E-state index contributed by atoms with van der Waals surface area (Å²) in [6.45, 7) is 3.91. The number of amides is 1. The van der Waals surface area contributed by atoms with Crippen LogP contribution in [0.4, 0.5) is 5.69 Å². The summed E-state index contributed by atoms with van der Waals surface area (Å²) in [6.07, 6.45) is 1.74. The van der Waals surface area contributed by atoms with Gasteiger partial charge in [0.1, 0.15) is 4.90 Å². The highest BCUT2D eigenvalue weighted by atomic mass is 32.2. The maximum Gasteiger partial charge on any atom is 0.248 e. The van der Waals surface area contributed by atoms with Gasteiger partial charge in [-0.1, -0.05) is 11.6 Å². The number of allylic oxidation sites excluding steroid dienone is 1. The van der Waals surface area contributed by atoms with Crippen molar-refractivity contribution in [2.24, 2.45) is 5.73 Å². The van der Waals surface area contributed by atoms with Gasteiger partial charge in [-0.15, -0.1) is 0 Å². The average molecular weight is 283 g/mol. The summed E-state index contributed by atoms with van der Waals surface area (Å²) in [5, 5.41) is 0. The maximum atomic E-state index is 12.0. The number of nitrogen functional groups attached to an aromatic ring is 1. The standard InChI is InChI=1S/C12H17N3O3S/c1-8(2)5-6-15-19(17,18)11-4-3-9(12(14)16)7-10(11)13/h3-5,7,15H,6,13H2,1-2H3,(H2,14,16). The van der Waals surface area contributed by atoms with E-state index in [0.717, 1.165) is 5.57 Å². The third-order valence-electron chi connectivity index (χ3n) is 2.37. The van der Waals surface area contributed by atoms with Crippen LogP contribution >= 0.6 is 0 Å². The van der Waals surface area contributed by atoms with Crippen LogP contribution in [0.15, 0.2) is 34.7 Å². The molecule has 19 heavy (non-hydrogen) atoms. The van der Waals surface area contributed by atoms with Gasteiger partial charge in [-0.3, -0.25) is 4.79 Å². The number of benzene rings is 1. The molecule has 0 aliphatic carbocycles. The molecule has 0 saturated carbocycles. The zero-order valence-electron chi connectivity index (χ0n) is 10.8. The Kier molecular flexibility index (Phi) is 4.68. The largest absolute Gasteiger partial charge is 0.398 e. The molecule has 1 rings (SSSR count). The lowest BCUT2D eigenvalue weighted by Crippen LogP contribution is -2.25. The van der Waals surface area contributed by atoms with Crippen molar-refractivity contribution in [2.75, 3.05) is 12.3 Å². The summed E-state index contributed by atoms with van der Waals surface area (Å²) in [6, 6.07) is 3.84. The lowest BCUT2D eigenvalue weighted by Gasteiger charge is -2.08. The van der Waals surface area contributed by atoms with Gasteiger partial charge in [-0.05, 0) is 32.0 Å². The third kappa shape index (κ3) is 4.08. The van der Waals surface area contributed by atoms with Crippen molar-refractivity contribution in [3.8, 4) is 0 Å². The molecule has 0 fully saturated rings. The average Bonchev–Trinajstić information content (AvgIpc) is 2.27. The van der Waals surface area contributed by atoms with Gasteiger partial charge in [0.15, 0.2) is 0 Å². The van der Waals surface area contributed by atoms with Crippen molar-refractivity contribution in [3.05, 3.63) is 35.4 Å². The van der Waals surface area contributed by atoms with E-state index < -0.39 is 15.9 Å². The Balaban J connectivity index is 3.02. The van der Waals surface area contributed by atoms with Crippen LogP contribution in [-0.4, -0.2) is 20.9 Å². The molecule has 0 saturated heterocycles. The molecule has 7 heteroatoms. The highest BCUT2D eigenvalue weighted by Crippen LogP contribution is 2.19. The molecule has 0 aromatic heterocycles. The number of carbonyl (C=O) groups is 1. The van der Waals surface area contributed by atoms with Crippen molar-refractivity contribution < 1.29 is 13.2 Å². The minimum Gasteiger partial charge on any atom is -0.398 e. The first kappa shape index (κ1) is 15.2. The van der Waals surface area contributed by atoms with Gasteiger partial charge in [0.25, 0.3) is 0 Å². The van der Waals surface area contributed by atoms with E-state index in [2.05, 4.69) is 4.72 Å². The Morgan fingerprint density at radius 2 is 2.00 bits per heavy atom. The van der Waals surface area contributed by atoms with Gasteiger partial charge in [-0.2, -0.15) is 0 Å². The lowest BCUT2D eigenvalue weighted by molar-refractivity contribution is 0.1000.